The Kier molecular flexibility index (Phi) is 4.85. The first kappa shape index (κ1) is 19.6. The highest BCUT2D eigenvalue weighted by Crippen LogP contribution is 2.28. The van der Waals surface area contributed by atoms with Crippen LogP contribution < -0.4 is 5.32 Å². The summed E-state index contributed by atoms with van der Waals surface area (Å²) in [6.07, 6.45) is 8.97. The summed E-state index contributed by atoms with van der Waals surface area (Å²) >= 11 is 0. The Morgan fingerprint density at radius 2 is 1.85 bits per heavy atom. The number of hydrogen-bond acceptors (Lipinski definition) is 5. The molecule has 2 aromatic carbocycles. The fourth-order valence-corrected chi connectivity index (χ4v) is 4.34. The third-order valence-corrected chi connectivity index (χ3v) is 6.18. The highest BCUT2D eigenvalue weighted by atomic mass is 15.1. The van der Waals surface area contributed by atoms with E-state index >= 15 is 0 Å². The van der Waals surface area contributed by atoms with Crippen molar-refractivity contribution in [2.75, 3.05) is 25.5 Å². The molecule has 0 bridgehead atoms. The van der Waals surface area contributed by atoms with E-state index in [9.17, 15) is 0 Å². The van der Waals surface area contributed by atoms with Gasteiger partial charge in [-0.1, -0.05) is 48.5 Å². The van der Waals surface area contributed by atoms with E-state index in [0.29, 0.717) is 0 Å². The Morgan fingerprint density at radius 1 is 0.970 bits per heavy atom. The molecule has 1 aliphatic rings. The predicted octanol–water partition coefficient (Wildman–Crippen LogP) is 5.41. The number of rotatable bonds is 4. The second-order valence-electron chi connectivity index (χ2n) is 8.45. The Morgan fingerprint density at radius 3 is 2.70 bits per heavy atom. The van der Waals surface area contributed by atoms with Gasteiger partial charge in [0.2, 0.25) is 0 Å². The molecule has 3 aromatic heterocycles. The average molecular weight is 433 g/mol. The van der Waals surface area contributed by atoms with Crippen molar-refractivity contribution in [1.29, 1.82) is 0 Å². The van der Waals surface area contributed by atoms with Crippen LogP contribution in [-0.4, -0.2) is 44.4 Å². The molecule has 6 heteroatoms. The number of imidazole rings is 1. The van der Waals surface area contributed by atoms with E-state index in [2.05, 4.69) is 75.2 Å². The number of anilines is 2. The number of aromatic nitrogens is 4. The molecule has 0 atom stereocenters. The topological polar surface area (TPSA) is 58.4 Å². The smallest absolute Gasteiger partial charge is 0.156 e. The average Bonchev–Trinajstić information content (AvgIpc) is 3.30. The van der Waals surface area contributed by atoms with Gasteiger partial charge in [-0.2, -0.15) is 0 Å². The number of benzene rings is 2. The fraction of sp³-hybridized carbons (Fsp3) is 0.148. The van der Waals surface area contributed by atoms with Gasteiger partial charge in [-0.25, -0.2) is 15.0 Å². The predicted molar refractivity (Wildman–Crippen MR) is 134 cm³/mol. The van der Waals surface area contributed by atoms with Crippen molar-refractivity contribution in [1.82, 2.24) is 24.3 Å². The lowest BCUT2D eigenvalue weighted by Gasteiger charge is -2.21. The standard InChI is InChI=1S/C27H24N6/c1-32-14-11-21(12-15-32)27-29-18-25-26(28-13-16-33(25)27)30-22-9-7-20-8-10-23(31-24(20)17-22)19-5-3-2-4-6-19/h2-11,13,16-18H,12,14-15H2,1H3,(H,28,30). The summed E-state index contributed by atoms with van der Waals surface area (Å²) in [6, 6.07) is 20.7. The highest BCUT2D eigenvalue weighted by molar-refractivity contribution is 5.86. The molecule has 0 radical (unpaired) electrons. The Hall–Kier alpha value is -4.03. The molecule has 0 aliphatic carbocycles. The second kappa shape index (κ2) is 8.15. The summed E-state index contributed by atoms with van der Waals surface area (Å²) in [5.74, 6) is 1.78. The largest absolute Gasteiger partial charge is 0.338 e. The molecular formula is C27H24N6. The van der Waals surface area contributed by atoms with Gasteiger partial charge in [-0.05, 0) is 37.2 Å². The van der Waals surface area contributed by atoms with Gasteiger partial charge in [0.15, 0.2) is 5.82 Å². The van der Waals surface area contributed by atoms with E-state index < -0.39 is 0 Å². The van der Waals surface area contributed by atoms with Crippen LogP contribution in [0.3, 0.4) is 0 Å². The molecule has 33 heavy (non-hydrogen) atoms. The quantitative estimate of drug-likeness (QED) is 0.412. The molecule has 6 nitrogen and oxygen atoms in total. The van der Waals surface area contributed by atoms with Crippen LogP contribution in [0.2, 0.25) is 0 Å². The molecule has 0 unspecified atom stereocenters. The lowest BCUT2D eigenvalue weighted by atomic mass is 10.1. The first-order valence-corrected chi connectivity index (χ1v) is 11.2. The van der Waals surface area contributed by atoms with Crippen molar-refractivity contribution in [3.05, 3.63) is 91.2 Å². The van der Waals surface area contributed by atoms with Crippen LogP contribution in [0, 0.1) is 0 Å². The lowest BCUT2D eigenvalue weighted by Crippen LogP contribution is -2.24. The molecule has 162 valence electrons. The van der Waals surface area contributed by atoms with E-state index in [1.165, 1.54) is 5.57 Å². The maximum Gasteiger partial charge on any atom is 0.156 e. The molecule has 0 amide bonds. The molecule has 0 spiro atoms. The monoisotopic (exact) mass is 432 g/mol. The van der Waals surface area contributed by atoms with Gasteiger partial charge in [0.05, 0.1) is 17.4 Å². The van der Waals surface area contributed by atoms with Crippen molar-refractivity contribution in [3.63, 3.8) is 0 Å². The number of likely N-dealkylation sites (N-methyl/N-ethyl adjacent to an activating group) is 1. The summed E-state index contributed by atoms with van der Waals surface area (Å²) in [7, 11) is 2.14. The number of nitrogens with zero attached hydrogens (tertiary/aromatic N) is 5. The minimum Gasteiger partial charge on any atom is -0.338 e. The normalized spacial score (nSPS) is 14.5. The van der Waals surface area contributed by atoms with E-state index in [-0.39, 0.29) is 0 Å². The second-order valence-corrected chi connectivity index (χ2v) is 8.45. The van der Waals surface area contributed by atoms with Crippen LogP contribution in [0.25, 0.3) is 33.3 Å². The maximum absolute atomic E-state index is 4.89. The molecule has 6 rings (SSSR count). The van der Waals surface area contributed by atoms with Crippen LogP contribution in [0.5, 0.6) is 0 Å². The molecule has 1 N–H and O–H groups in total. The summed E-state index contributed by atoms with van der Waals surface area (Å²) in [5, 5.41) is 4.59. The maximum atomic E-state index is 4.89. The molecule has 0 saturated carbocycles. The SMILES string of the molecule is CN1CC=C(c2ncc3c(Nc4ccc5ccc(-c6ccccc6)nc5c4)nccn23)CC1. The van der Waals surface area contributed by atoms with Gasteiger partial charge in [0, 0.05) is 42.1 Å². The zero-order valence-electron chi connectivity index (χ0n) is 18.4. The zero-order valence-corrected chi connectivity index (χ0v) is 18.4. The minimum absolute atomic E-state index is 0.781. The van der Waals surface area contributed by atoms with Crippen LogP contribution in [-0.2, 0) is 0 Å². The summed E-state index contributed by atoms with van der Waals surface area (Å²) in [4.78, 5) is 16.5. The zero-order chi connectivity index (χ0) is 22.2. The van der Waals surface area contributed by atoms with E-state index in [0.717, 1.165) is 64.5 Å². The number of fused-ring (bicyclic) bond motifs is 2. The van der Waals surface area contributed by atoms with Crippen molar-refractivity contribution < 1.29 is 0 Å². The summed E-state index contributed by atoms with van der Waals surface area (Å²) in [5.41, 5.74) is 6.21. The fourth-order valence-electron chi connectivity index (χ4n) is 4.34. The van der Waals surface area contributed by atoms with Gasteiger partial charge in [-0.15, -0.1) is 0 Å². The first-order valence-electron chi connectivity index (χ1n) is 11.2. The van der Waals surface area contributed by atoms with Crippen LogP contribution >= 0.6 is 0 Å². The molecule has 1 aliphatic heterocycles. The van der Waals surface area contributed by atoms with Crippen molar-refractivity contribution in [3.8, 4) is 11.3 Å². The highest BCUT2D eigenvalue weighted by Gasteiger charge is 2.16. The van der Waals surface area contributed by atoms with Gasteiger partial charge in [0.25, 0.3) is 0 Å². The lowest BCUT2D eigenvalue weighted by molar-refractivity contribution is 0.369. The van der Waals surface area contributed by atoms with Crippen molar-refractivity contribution >= 4 is 33.5 Å². The van der Waals surface area contributed by atoms with E-state index in [1.807, 2.05) is 36.8 Å². The van der Waals surface area contributed by atoms with E-state index in [4.69, 9.17) is 9.97 Å². The molecular weight excluding hydrogens is 408 g/mol. The van der Waals surface area contributed by atoms with Gasteiger partial charge < -0.3 is 10.2 Å². The number of nitrogens with one attached hydrogen (secondary N) is 1. The minimum atomic E-state index is 0.781. The Bertz CT molecular complexity index is 1490. The third-order valence-electron chi connectivity index (χ3n) is 6.18. The number of hydrogen-bond donors (Lipinski definition) is 1. The third kappa shape index (κ3) is 3.75. The molecule has 0 saturated heterocycles. The van der Waals surface area contributed by atoms with Crippen molar-refractivity contribution in [2.45, 2.75) is 6.42 Å². The summed E-state index contributed by atoms with van der Waals surface area (Å²) < 4.78 is 2.12. The van der Waals surface area contributed by atoms with Gasteiger partial charge >= 0.3 is 0 Å². The van der Waals surface area contributed by atoms with Crippen LogP contribution in [0.1, 0.15) is 12.2 Å². The van der Waals surface area contributed by atoms with Crippen molar-refractivity contribution in [2.24, 2.45) is 0 Å². The molecule has 4 heterocycles. The molecule has 5 aromatic rings. The Labute approximate surface area is 192 Å². The summed E-state index contributed by atoms with van der Waals surface area (Å²) in [6.45, 7) is 2.00. The Balaban J connectivity index is 1.34. The first-order chi connectivity index (χ1) is 16.2. The van der Waals surface area contributed by atoms with E-state index in [1.54, 1.807) is 0 Å². The van der Waals surface area contributed by atoms with Gasteiger partial charge in [-0.3, -0.25) is 4.40 Å². The molecule has 0 fully saturated rings. The van der Waals surface area contributed by atoms with Gasteiger partial charge in [0.1, 0.15) is 11.3 Å². The number of pyridine rings is 1. The van der Waals surface area contributed by atoms with Crippen LogP contribution in [0.15, 0.2) is 85.3 Å². The van der Waals surface area contributed by atoms with Crippen LogP contribution in [0.4, 0.5) is 11.5 Å².